The highest BCUT2D eigenvalue weighted by atomic mass is 16.2. The van der Waals surface area contributed by atoms with Gasteiger partial charge in [0.1, 0.15) is 0 Å². The van der Waals surface area contributed by atoms with E-state index in [-0.39, 0.29) is 17.7 Å². The number of amides is 1. The van der Waals surface area contributed by atoms with Gasteiger partial charge in [-0.05, 0) is 34.9 Å². The van der Waals surface area contributed by atoms with Crippen molar-refractivity contribution in [1.29, 1.82) is 0 Å². The number of hydrogen-bond acceptors (Lipinski definition) is 2. The molecule has 128 valence electrons. The van der Waals surface area contributed by atoms with E-state index in [1.807, 2.05) is 55.5 Å². The van der Waals surface area contributed by atoms with E-state index < -0.39 is 0 Å². The Bertz CT molecular complexity index is 1040. The van der Waals surface area contributed by atoms with Gasteiger partial charge in [0, 0.05) is 17.6 Å². The van der Waals surface area contributed by atoms with Crippen molar-refractivity contribution >= 4 is 22.5 Å². The van der Waals surface area contributed by atoms with Crippen LogP contribution in [0.15, 0.2) is 78.4 Å². The highest BCUT2D eigenvalue weighted by molar-refractivity contribution is 6.12. The van der Waals surface area contributed by atoms with Crippen LogP contribution in [-0.2, 0) is 11.2 Å². The predicted octanol–water partition coefficient (Wildman–Crippen LogP) is 4.38. The van der Waals surface area contributed by atoms with Gasteiger partial charge in [-0.1, -0.05) is 66.7 Å². The van der Waals surface area contributed by atoms with Gasteiger partial charge in [0.15, 0.2) is 5.78 Å². The molecular weight excluding hydrogens is 322 g/mol. The van der Waals surface area contributed by atoms with Crippen LogP contribution >= 0.6 is 0 Å². The second kappa shape index (κ2) is 6.60. The molecule has 0 radical (unpaired) electrons. The van der Waals surface area contributed by atoms with Crippen LogP contribution in [0.25, 0.3) is 10.8 Å². The Labute approximate surface area is 152 Å². The Kier molecular flexibility index (Phi) is 4.13. The molecule has 0 aromatic heterocycles. The molecule has 1 N–H and O–H groups in total. The van der Waals surface area contributed by atoms with Crippen molar-refractivity contribution in [2.45, 2.75) is 19.4 Å². The van der Waals surface area contributed by atoms with Crippen molar-refractivity contribution < 1.29 is 9.59 Å². The smallest absolute Gasteiger partial charge is 0.248 e. The number of fused-ring (bicyclic) bond motifs is 2. The molecule has 4 rings (SSSR count). The van der Waals surface area contributed by atoms with Crippen LogP contribution in [0, 0.1) is 0 Å². The first-order valence-electron chi connectivity index (χ1n) is 8.75. The van der Waals surface area contributed by atoms with E-state index in [1.165, 1.54) is 6.08 Å². The molecule has 3 heteroatoms. The van der Waals surface area contributed by atoms with Crippen LogP contribution in [0.4, 0.5) is 0 Å². The van der Waals surface area contributed by atoms with Gasteiger partial charge >= 0.3 is 0 Å². The summed E-state index contributed by atoms with van der Waals surface area (Å²) < 4.78 is 0. The molecule has 0 saturated heterocycles. The first-order chi connectivity index (χ1) is 12.6. The van der Waals surface area contributed by atoms with E-state index in [0.717, 1.165) is 21.9 Å². The van der Waals surface area contributed by atoms with E-state index in [0.29, 0.717) is 17.6 Å². The topological polar surface area (TPSA) is 46.2 Å². The molecule has 0 saturated carbocycles. The van der Waals surface area contributed by atoms with Crippen molar-refractivity contribution in [2.24, 2.45) is 0 Å². The Balaban J connectivity index is 1.58. The predicted molar refractivity (Wildman–Crippen MR) is 103 cm³/mol. The van der Waals surface area contributed by atoms with Gasteiger partial charge in [0.25, 0.3) is 0 Å². The summed E-state index contributed by atoms with van der Waals surface area (Å²) in [6.07, 6.45) is 1.95. The minimum atomic E-state index is -0.187. The quantitative estimate of drug-likeness (QED) is 0.768. The van der Waals surface area contributed by atoms with Crippen LogP contribution in [0.2, 0.25) is 0 Å². The van der Waals surface area contributed by atoms with Gasteiger partial charge < -0.3 is 5.32 Å². The highest BCUT2D eigenvalue weighted by Gasteiger charge is 2.22. The summed E-state index contributed by atoms with van der Waals surface area (Å²) in [4.78, 5) is 25.0. The van der Waals surface area contributed by atoms with Crippen molar-refractivity contribution in [1.82, 2.24) is 5.32 Å². The lowest BCUT2D eigenvalue weighted by atomic mass is 9.90. The van der Waals surface area contributed by atoms with E-state index in [2.05, 4.69) is 23.5 Å². The van der Waals surface area contributed by atoms with E-state index in [4.69, 9.17) is 0 Å². The normalized spacial score (nSPS) is 14.5. The van der Waals surface area contributed by atoms with Crippen LogP contribution < -0.4 is 5.32 Å². The molecule has 0 spiro atoms. The molecule has 0 heterocycles. The maximum atomic E-state index is 12.7. The second-order valence-electron chi connectivity index (χ2n) is 6.63. The summed E-state index contributed by atoms with van der Waals surface area (Å²) in [6.45, 7) is 1.97. The maximum Gasteiger partial charge on any atom is 0.248 e. The summed E-state index contributed by atoms with van der Waals surface area (Å²) in [5, 5.41) is 5.32. The van der Waals surface area contributed by atoms with Crippen LogP contribution in [0.5, 0.6) is 0 Å². The van der Waals surface area contributed by atoms with Gasteiger partial charge in [-0.25, -0.2) is 0 Å². The third-order valence-electron chi connectivity index (χ3n) is 4.90. The molecule has 1 aliphatic carbocycles. The monoisotopic (exact) mass is 341 g/mol. The Hall–Kier alpha value is -3.20. The van der Waals surface area contributed by atoms with Crippen molar-refractivity contribution in [3.63, 3.8) is 0 Å². The zero-order chi connectivity index (χ0) is 18.1. The molecule has 3 aromatic rings. The van der Waals surface area contributed by atoms with E-state index in [9.17, 15) is 9.59 Å². The average Bonchev–Trinajstić information content (AvgIpc) is 2.67. The minimum absolute atomic E-state index is 0.102. The molecule has 1 aliphatic rings. The molecule has 0 aliphatic heterocycles. The molecule has 0 fully saturated rings. The van der Waals surface area contributed by atoms with Gasteiger partial charge in [0.05, 0.1) is 6.04 Å². The summed E-state index contributed by atoms with van der Waals surface area (Å²) in [5.74, 6) is -0.289. The Morgan fingerprint density at radius 3 is 2.58 bits per heavy atom. The SMILES string of the molecule is C[C@@H](NC(=O)C1=CC(=O)c2ccccc2C1)c1cccc2ccccc12. The number of benzene rings is 3. The van der Waals surface area contributed by atoms with E-state index >= 15 is 0 Å². The molecule has 1 atom stereocenters. The Morgan fingerprint density at radius 1 is 0.962 bits per heavy atom. The Morgan fingerprint density at radius 2 is 1.69 bits per heavy atom. The molecular formula is C23H19NO2. The number of ketones is 1. The fraction of sp³-hybridized carbons (Fsp3) is 0.130. The summed E-state index contributed by atoms with van der Waals surface area (Å²) in [5.41, 5.74) is 3.18. The van der Waals surface area contributed by atoms with E-state index in [1.54, 1.807) is 0 Å². The van der Waals surface area contributed by atoms with Gasteiger partial charge in [-0.3, -0.25) is 9.59 Å². The first kappa shape index (κ1) is 16.3. The fourth-order valence-corrected chi connectivity index (χ4v) is 3.55. The van der Waals surface area contributed by atoms with Crippen molar-refractivity contribution in [3.8, 4) is 0 Å². The molecule has 1 amide bonds. The van der Waals surface area contributed by atoms with Gasteiger partial charge in [-0.2, -0.15) is 0 Å². The molecule has 0 bridgehead atoms. The third kappa shape index (κ3) is 2.92. The molecule has 0 unspecified atom stereocenters. The third-order valence-corrected chi connectivity index (χ3v) is 4.90. The second-order valence-corrected chi connectivity index (χ2v) is 6.63. The lowest BCUT2D eigenvalue weighted by Crippen LogP contribution is -2.30. The lowest BCUT2D eigenvalue weighted by molar-refractivity contribution is -0.118. The van der Waals surface area contributed by atoms with Crippen LogP contribution in [0.3, 0.4) is 0 Å². The lowest BCUT2D eigenvalue weighted by Gasteiger charge is -2.20. The number of rotatable bonds is 3. The fourth-order valence-electron chi connectivity index (χ4n) is 3.55. The highest BCUT2D eigenvalue weighted by Crippen LogP contribution is 2.25. The van der Waals surface area contributed by atoms with Gasteiger partial charge in [0.2, 0.25) is 5.91 Å². The number of hydrogen-bond donors (Lipinski definition) is 1. The first-order valence-corrected chi connectivity index (χ1v) is 8.75. The van der Waals surface area contributed by atoms with Crippen LogP contribution in [0.1, 0.15) is 34.5 Å². The zero-order valence-electron chi connectivity index (χ0n) is 14.5. The van der Waals surface area contributed by atoms with Crippen molar-refractivity contribution in [3.05, 3.63) is 95.1 Å². The largest absolute Gasteiger partial charge is 0.346 e. The standard InChI is InChI=1S/C23H19NO2/c1-15(19-12-6-9-16-7-2-4-10-20(16)19)24-23(26)18-13-17-8-3-5-11-21(17)22(25)14-18/h2-12,14-15H,13H2,1H3,(H,24,26)/t15-/m1/s1. The maximum absolute atomic E-state index is 12.7. The molecule has 3 aromatic carbocycles. The van der Waals surface area contributed by atoms with Gasteiger partial charge in [-0.15, -0.1) is 0 Å². The summed E-state index contributed by atoms with van der Waals surface area (Å²) in [6, 6.07) is 21.5. The average molecular weight is 341 g/mol. The molecule has 3 nitrogen and oxygen atoms in total. The number of nitrogens with one attached hydrogen (secondary N) is 1. The van der Waals surface area contributed by atoms with Crippen LogP contribution in [-0.4, -0.2) is 11.7 Å². The van der Waals surface area contributed by atoms with Crippen molar-refractivity contribution in [2.75, 3.05) is 0 Å². The number of allylic oxidation sites excluding steroid dienone is 1. The number of carbonyl (C=O) groups is 2. The minimum Gasteiger partial charge on any atom is -0.346 e. The summed E-state index contributed by atoms with van der Waals surface area (Å²) in [7, 11) is 0. The zero-order valence-corrected chi connectivity index (χ0v) is 14.5. The number of carbonyl (C=O) groups excluding carboxylic acids is 2. The summed E-state index contributed by atoms with van der Waals surface area (Å²) >= 11 is 0. The molecule has 26 heavy (non-hydrogen) atoms.